The molecular formula is C18H25N3O4. The lowest BCUT2D eigenvalue weighted by atomic mass is 9.54. The van der Waals surface area contributed by atoms with Gasteiger partial charge in [-0.15, -0.1) is 0 Å². The van der Waals surface area contributed by atoms with E-state index in [0.717, 1.165) is 17.8 Å². The fourth-order valence-corrected chi connectivity index (χ4v) is 5.38. The Morgan fingerprint density at radius 1 is 1.24 bits per heavy atom. The molecule has 136 valence electrons. The average Bonchev–Trinajstić information content (AvgIpc) is 3.07. The molecule has 0 atom stereocenters. The summed E-state index contributed by atoms with van der Waals surface area (Å²) in [7, 11) is 1.28. The molecule has 0 radical (unpaired) electrons. The monoisotopic (exact) mass is 347 g/mol. The Bertz CT molecular complexity index is 634. The van der Waals surface area contributed by atoms with Crippen molar-refractivity contribution in [1.29, 1.82) is 0 Å². The van der Waals surface area contributed by atoms with Gasteiger partial charge >= 0.3 is 5.97 Å². The van der Waals surface area contributed by atoms with Gasteiger partial charge < -0.3 is 14.8 Å². The molecule has 4 fully saturated rings. The topological polar surface area (TPSA) is 93.3 Å². The standard InChI is InChI=1S/C18H25N3O4/c1-24-17(23)15-7-14(20-21-15)16(22)19-2-3-25-18-8-11-4-12(9-18)6-13(5-11)10-18/h7,11-13H,2-6,8-10H2,1H3,(H,19,22)(H,20,21). The molecule has 0 aliphatic heterocycles. The van der Waals surface area contributed by atoms with Gasteiger partial charge in [-0.25, -0.2) is 4.79 Å². The van der Waals surface area contributed by atoms with E-state index in [9.17, 15) is 9.59 Å². The Hall–Kier alpha value is -1.89. The molecule has 2 N–H and O–H groups in total. The number of amides is 1. The number of H-pyrrole nitrogens is 1. The molecule has 1 aromatic heterocycles. The second-order valence-corrected chi connectivity index (χ2v) is 7.86. The van der Waals surface area contributed by atoms with Gasteiger partial charge in [-0.2, -0.15) is 5.10 Å². The number of aromatic nitrogens is 2. The van der Waals surface area contributed by atoms with E-state index in [1.165, 1.54) is 51.7 Å². The van der Waals surface area contributed by atoms with Crippen molar-refractivity contribution < 1.29 is 19.1 Å². The first-order valence-corrected chi connectivity index (χ1v) is 9.13. The Balaban J connectivity index is 1.25. The summed E-state index contributed by atoms with van der Waals surface area (Å²) in [4.78, 5) is 23.5. The van der Waals surface area contributed by atoms with Crippen LogP contribution in [0.25, 0.3) is 0 Å². The van der Waals surface area contributed by atoms with Crippen molar-refractivity contribution in [2.75, 3.05) is 20.3 Å². The number of hydrogen-bond acceptors (Lipinski definition) is 5. The number of aromatic amines is 1. The summed E-state index contributed by atoms with van der Waals surface area (Å²) in [6, 6.07) is 1.39. The third kappa shape index (κ3) is 3.29. The van der Waals surface area contributed by atoms with Crippen LogP contribution in [0.1, 0.15) is 59.5 Å². The van der Waals surface area contributed by atoms with Gasteiger partial charge in [0.2, 0.25) is 0 Å². The Morgan fingerprint density at radius 3 is 2.48 bits per heavy atom. The molecule has 0 unspecified atom stereocenters. The summed E-state index contributed by atoms with van der Waals surface area (Å²) in [6.45, 7) is 0.965. The summed E-state index contributed by atoms with van der Waals surface area (Å²) in [5, 5.41) is 9.14. The lowest BCUT2D eigenvalue weighted by Gasteiger charge is -2.56. The molecule has 1 heterocycles. The van der Waals surface area contributed by atoms with E-state index >= 15 is 0 Å². The number of rotatable bonds is 6. The molecule has 0 spiro atoms. The maximum absolute atomic E-state index is 12.1. The highest BCUT2D eigenvalue weighted by molar-refractivity contribution is 5.95. The molecule has 7 nitrogen and oxygen atoms in total. The first-order chi connectivity index (χ1) is 12.1. The fraction of sp³-hybridized carbons (Fsp3) is 0.722. The molecule has 4 bridgehead atoms. The number of esters is 1. The number of nitrogens with zero attached hydrogens (tertiary/aromatic N) is 1. The van der Waals surface area contributed by atoms with Crippen molar-refractivity contribution in [3.8, 4) is 0 Å². The normalized spacial score (nSPS) is 32.6. The second-order valence-electron chi connectivity index (χ2n) is 7.86. The zero-order chi connectivity index (χ0) is 17.4. The van der Waals surface area contributed by atoms with Crippen molar-refractivity contribution >= 4 is 11.9 Å². The number of hydrogen-bond donors (Lipinski definition) is 2. The van der Waals surface area contributed by atoms with E-state index in [1.807, 2.05) is 0 Å². The van der Waals surface area contributed by atoms with Crippen LogP contribution in [0, 0.1) is 17.8 Å². The van der Waals surface area contributed by atoms with Gasteiger partial charge in [0.25, 0.3) is 5.91 Å². The molecular weight excluding hydrogens is 322 g/mol. The van der Waals surface area contributed by atoms with Crippen molar-refractivity contribution in [2.45, 2.75) is 44.1 Å². The van der Waals surface area contributed by atoms with Crippen molar-refractivity contribution in [3.05, 3.63) is 17.5 Å². The quantitative estimate of drug-likeness (QED) is 0.606. The molecule has 0 aromatic carbocycles. The average molecular weight is 347 g/mol. The molecule has 5 rings (SSSR count). The molecule has 1 amide bonds. The third-order valence-corrected chi connectivity index (χ3v) is 5.99. The van der Waals surface area contributed by atoms with Crippen LogP contribution in [0.2, 0.25) is 0 Å². The SMILES string of the molecule is COC(=O)c1cc(C(=O)NCCOC23CC4CC(CC(C4)C2)C3)n[nH]1. The van der Waals surface area contributed by atoms with Crippen molar-refractivity contribution in [1.82, 2.24) is 15.5 Å². The van der Waals surface area contributed by atoms with E-state index in [0.29, 0.717) is 13.2 Å². The minimum Gasteiger partial charge on any atom is -0.464 e. The summed E-state index contributed by atoms with van der Waals surface area (Å²) < 4.78 is 10.9. The Labute approximate surface area is 146 Å². The van der Waals surface area contributed by atoms with Crippen LogP contribution >= 0.6 is 0 Å². The molecule has 4 saturated carbocycles. The van der Waals surface area contributed by atoms with Gasteiger partial charge in [0, 0.05) is 12.6 Å². The molecule has 1 aromatic rings. The first-order valence-electron chi connectivity index (χ1n) is 9.13. The summed E-state index contributed by atoms with van der Waals surface area (Å²) in [5.41, 5.74) is 0.400. The van der Waals surface area contributed by atoms with Crippen molar-refractivity contribution in [3.63, 3.8) is 0 Å². The highest BCUT2D eigenvalue weighted by Crippen LogP contribution is 2.57. The number of ether oxygens (including phenoxy) is 2. The van der Waals surface area contributed by atoms with Crippen LogP contribution in [0.15, 0.2) is 6.07 Å². The summed E-state index contributed by atoms with van der Waals surface area (Å²) in [5.74, 6) is 1.68. The molecule has 7 heteroatoms. The maximum Gasteiger partial charge on any atom is 0.356 e. The maximum atomic E-state index is 12.1. The Morgan fingerprint density at radius 2 is 1.88 bits per heavy atom. The van der Waals surface area contributed by atoms with Gasteiger partial charge in [-0.3, -0.25) is 9.89 Å². The molecule has 25 heavy (non-hydrogen) atoms. The van der Waals surface area contributed by atoms with E-state index in [4.69, 9.17) is 4.74 Å². The summed E-state index contributed by atoms with van der Waals surface area (Å²) in [6.07, 6.45) is 7.74. The van der Waals surface area contributed by atoms with Gasteiger partial charge in [0.15, 0.2) is 5.69 Å². The molecule has 4 aliphatic rings. The van der Waals surface area contributed by atoms with Crippen LogP contribution < -0.4 is 5.32 Å². The number of carbonyl (C=O) groups excluding carboxylic acids is 2. The molecule has 4 aliphatic carbocycles. The van der Waals surface area contributed by atoms with Gasteiger partial charge in [0.1, 0.15) is 5.69 Å². The van der Waals surface area contributed by atoms with E-state index < -0.39 is 5.97 Å². The number of carbonyl (C=O) groups is 2. The van der Waals surface area contributed by atoms with Crippen molar-refractivity contribution in [2.24, 2.45) is 17.8 Å². The lowest BCUT2D eigenvalue weighted by Crippen LogP contribution is -2.52. The van der Waals surface area contributed by atoms with Crippen LogP contribution in [0.4, 0.5) is 0 Å². The fourth-order valence-electron chi connectivity index (χ4n) is 5.38. The smallest absolute Gasteiger partial charge is 0.356 e. The van der Waals surface area contributed by atoms with Gasteiger partial charge in [0.05, 0.1) is 19.3 Å². The van der Waals surface area contributed by atoms with Gasteiger partial charge in [-0.1, -0.05) is 0 Å². The van der Waals surface area contributed by atoms with Crippen LogP contribution in [-0.4, -0.2) is 47.9 Å². The van der Waals surface area contributed by atoms with Crippen LogP contribution in [-0.2, 0) is 9.47 Å². The van der Waals surface area contributed by atoms with Crippen LogP contribution in [0.5, 0.6) is 0 Å². The zero-order valence-electron chi connectivity index (χ0n) is 14.5. The van der Waals surface area contributed by atoms with Gasteiger partial charge in [-0.05, 0) is 56.3 Å². The van der Waals surface area contributed by atoms with E-state index in [1.54, 1.807) is 0 Å². The predicted molar refractivity (Wildman–Crippen MR) is 89.1 cm³/mol. The third-order valence-electron chi connectivity index (χ3n) is 5.99. The lowest BCUT2D eigenvalue weighted by molar-refractivity contribution is -0.161. The highest BCUT2D eigenvalue weighted by Gasteiger charge is 2.51. The minimum atomic E-state index is -0.545. The second kappa shape index (κ2) is 6.44. The molecule has 0 saturated heterocycles. The number of methoxy groups -OCH3 is 1. The van der Waals surface area contributed by atoms with Crippen LogP contribution in [0.3, 0.4) is 0 Å². The predicted octanol–water partition coefficient (Wildman–Crippen LogP) is 1.91. The van der Waals surface area contributed by atoms with E-state index in [2.05, 4.69) is 20.3 Å². The summed E-state index contributed by atoms with van der Waals surface area (Å²) >= 11 is 0. The minimum absolute atomic E-state index is 0.0594. The number of nitrogens with one attached hydrogen (secondary N) is 2. The Kier molecular flexibility index (Phi) is 4.27. The van der Waals surface area contributed by atoms with E-state index in [-0.39, 0.29) is 22.9 Å². The first kappa shape index (κ1) is 16.6. The largest absolute Gasteiger partial charge is 0.464 e. The zero-order valence-corrected chi connectivity index (χ0v) is 14.5. The highest BCUT2D eigenvalue weighted by atomic mass is 16.5.